The van der Waals surface area contributed by atoms with Gasteiger partial charge in [0.05, 0.1) is 23.5 Å². The van der Waals surface area contributed by atoms with E-state index in [9.17, 15) is 28.6 Å². The minimum atomic E-state index is -2.52. The number of aromatic nitrogens is 1. The van der Waals surface area contributed by atoms with Gasteiger partial charge in [0.1, 0.15) is 5.82 Å². The Bertz CT molecular complexity index is 1510. The Morgan fingerprint density at radius 3 is 2.05 bits per heavy atom. The molecular formula is C33H34F2N2O5. The third kappa shape index (κ3) is 6.92. The van der Waals surface area contributed by atoms with Crippen molar-refractivity contribution in [3.05, 3.63) is 102 Å². The summed E-state index contributed by atoms with van der Waals surface area (Å²) in [6, 6.07) is 24.3. The number of alkyl halides is 1. The van der Waals surface area contributed by atoms with Crippen LogP contribution < -0.4 is 5.32 Å². The fraction of sp³-hybridized carbons (Fsp3) is 0.273. The molecule has 0 aliphatic rings. The molecule has 0 aliphatic carbocycles. The smallest absolute Gasteiger partial charge is 0.341 e. The molecule has 1 heterocycles. The molecule has 0 bridgehead atoms. The molecule has 0 radical (unpaired) electrons. The number of amides is 1. The minimum absolute atomic E-state index is 0.0277. The van der Waals surface area contributed by atoms with Gasteiger partial charge in [-0.2, -0.15) is 0 Å². The van der Waals surface area contributed by atoms with Crippen molar-refractivity contribution in [2.75, 3.05) is 5.32 Å². The molecule has 4 rings (SSSR count). The van der Waals surface area contributed by atoms with E-state index >= 15 is 0 Å². The number of carbonyl (C=O) groups excluding carboxylic acids is 1. The van der Waals surface area contributed by atoms with Gasteiger partial charge in [-0.3, -0.25) is 4.79 Å². The number of aliphatic hydroxyl groups is 2. The van der Waals surface area contributed by atoms with Gasteiger partial charge in [-0.25, -0.2) is 13.6 Å². The second kappa shape index (κ2) is 13.5. The quantitative estimate of drug-likeness (QED) is 0.159. The van der Waals surface area contributed by atoms with Gasteiger partial charge >= 0.3 is 5.97 Å². The second-order valence-electron chi connectivity index (χ2n) is 10.5. The number of benzene rings is 3. The highest BCUT2D eigenvalue weighted by atomic mass is 19.1. The number of carbonyl (C=O) groups is 2. The monoisotopic (exact) mass is 576 g/mol. The summed E-state index contributed by atoms with van der Waals surface area (Å²) in [6.45, 7) is 4.03. The summed E-state index contributed by atoms with van der Waals surface area (Å²) < 4.78 is 29.7. The molecule has 220 valence electrons. The van der Waals surface area contributed by atoms with Crippen LogP contribution in [0, 0.1) is 5.82 Å². The number of rotatable bonds is 12. The number of hydrogen-bond acceptors (Lipinski definition) is 4. The lowest BCUT2D eigenvalue weighted by Gasteiger charge is -2.20. The third-order valence-electron chi connectivity index (χ3n) is 7.06. The number of aliphatic carboxylic acids is 1. The third-order valence-corrected chi connectivity index (χ3v) is 7.06. The van der Waals surface area contributed by atoms with Crippen LogP contribution in [0.4, 0.5) is 14.5 Å². The van der Waals surface area contributed by atoms with Crippen molar-refractivity contribution >= 4 is 17.6 Å². The van der Waals surface area contributed by atoms with Gasteiger partial charge in [0.25, 0.3) is 5.91 Å². The Balaban J connectivity index is 1.88. The van der Waals surface area contributed by atoms with Crippen molar-refractivity contribution < 1.29 is 33.7 Å². The number of para-hydroxylation sites is 1. The van der Waals surface area contributed by atoms with Gasteiger partial charge in [0, 0.05) is 29.9 Å². The summed E-state index contributed by atoms with van der Waals surface area (Å²) >= 11 is 0. The first-order chi connectivity index (χ1) is 20.1. The Morgan fingerprint density at radius 1 is 0.881 bits per heavy atom. The minimum Gasteiger partial charge on any atom is -0.479 e. The van der Waals surface area contributed by atoms with E-state index in [1.54, 1.807) is 24.3 Å². The Morgan fingerprint density at radius 2 is 1.48 bits per heavy atom. The van der Waals surface area contributed by atoms with E-state index in [2.05, 4.69) is 5.32 Å². The summed E-state index contributed by atoms with van der Waals surface area (Å²) in [4.78, 5) is 25.0. The van der Waals surface area contributed by atoms with Gasteiger partial charge in [-0.1, -0.05) is 62.4 Å². The van der Waals surface area contributed by atoms with Crippen molar-refractivity contribution in [3.8, 4) is 22.4 Å². The van der Waals surface area contributed by atoms with Gasteiger partial charge in [-0.15, -0.1) is 0 Å². The molecule has 0 spiro atoms. The predicted molar refractivity (Wildman–Crippen MR) is 158 cm³/mol. The van der Waals surface area contributed by atoms with Crippen LogP contribution in [-0.2, 0) is 11.3 Å². The number of carboxylic acids is 1. The molecule has 1 unspecified atom stereocenters. The maximum absolute atomic E-state index is 14.0. The van der Waals surface area contributed by atoms with Gasteiger partial charge in [-0.05, 0) is 59.9 Å². The summed E-state index contributed by atoms with van der Waals surface area (Å²) in [5.41, 5.74) is 4.35. The molecule has 1 amide bonds. The van der Waals surface area contributed by atoms with Gasteiger partial charge < -0.3 is 25.2 Å². The molecule has 0 aliphatic heterocycles. The Labute approximate surface area is 243 Å². The van der Waals surface area contributed by atoms with Crippen molar-refractivity contribution in [2.24, 2.45) is 0 Å². The maximum Gasteiger partial charge on any atom is 0.341 e. The fourth-order valence-electron chi connectivity index (χ4n) is 5.17. The lowest BCUT2D eigenvalue weighted by atomic mass is 9.94. The number of nitrogens with zero attached hydrogens (tertiary/aromatic N) is 1. The van der Waals surface area contributed by atoms with Gasteiger partial charge in [0.2, 0.25) is 6.17 Å². The lowest BCUT2D eigenvalue weighted by Crippen LogP contribution is -2.33. The van der Waals surface area contributed by atoms with Gasteiger partial charge in [0.15, 0.2) is 0 Å². The molecule has 9 heteroatoms. The van der Waals surface area contributed by atoms with E-state index in [1.165, 1.54) is 12.1 Å². The highest BCUT2D eigenvalue weighted by Crippen LogP contribution is 2.42. The molecule has 4 N–H and O–H groups in total. The second-order valence-corrected chi connectivity index (χ2v) is 10.5. The van der Waals surface area contributed by atoms with E-state index in [0.29, 0.717) is 33.8 Å². The van der Waals surface area contributed by atoms with E-state index < -0.39 is 36.6 Å². The molecule has 1 aromatic heterocycles. The van der Waals surface area contributed by atoms with Crippen molar-refractivity contribution in [3.63, 3.8) is 0 Å². The molecule has 42 heavy (non-hydrogen) atoms. The average molecular weight is 577 g/mol. The van der Waals surface area contributed by atoms with Crippen molar-refractivity contribution in [1.82, 2.24) is 4.57 Å². The first kappa shape index (κ1) is 30.6. The van der Waals surface area contributed by atoms with Crippen LogP contribution in [0.3, 0.4) is 0 Å². The van der Waals surface area contributed by atoms with E-state index in [-0.39, 0.29) is 24.8 Å². The zero-order valence-electron chi connectivity index (χ0n) is 23.4. The van der Waals surface area contributed by atoms with E-state index in [1.807, 2.05) is 66.9 Å². The molecule has 0 fully saturated rings. The first-order valence-corrected chi connectivity index (χ1v) is 13.8. The lowest BCUT2D eigenvalue weighted by molar-refractivity contribution is -0.147. The van der Waals surface area contributed by atoms with Crippen LogP contribution in [-0.4, -0.2) is 50.1 Å². The average Bonchev–Trinajstić information content (AvgIpc) is 3.32. The number of anilines is 1. The van der Waals surface area contributed by atoms with Crippen LogP contribution >= 0.6 is 0 Å². The highest BCUT2D eigenvalue weighted by Gasteiger charge is 2.32. The van der Waals surface area contributed by atoms with E-state index in [4.69, 9.17) is 5.11 Å². The van der Waals surface area contributed by atoms with Crippen molar-refractivity contribution in [2.45, 2.75) is 57.5 Å². The summed E-state index contributed by atoms with van der Waals surface area (Å²) in [6.07, 6.45) is -6.09. The first-order valence-electron chi connectivity index (χ1n) is 13.8. The topological polar surface area (TPSA) is 112 Å². The normalized spacial score (nSPS) is 13.5. The largest absolute Gasteiger partial charge is 0.479 e. The maximum atomic E-state index is 14.0. The standard InChI is InChI=1S/C33H34F2N2O5/c1-20(2)30-28(32(40)36-24-11-7-4-8-12-24)27(21-9-5-3-6-10-21)31(22-13-15-23(34)16-14-22)37(30)18-17-25(38)19-26(39)29(35)33(41)42/h3-16,20,25-26,29,38-39H,17-19H2,1-2H3,(H,36,40)(H,41,42)/t25-,26-,29?/m1/s1. The molecule has 0 saturated carbocycles. The number of hydrogen-bond donors (Lipinski definition) is 4. The molecule has 3 aromatic carbocycles. The molecule has 4 aromatic rings. The van der Waals surface area contributed by atoms with Crippen LogP contribution in [0.15, 0.2) is 84.9 Å². The Kier molecular flexibility index (Phi) is 9.88. The Hall–Kier alpha value is -4.34. The predicted octanol–water partition coefficient (Wildman–Crippen LogP) is 6.26. The zero-order valence-corrected chi connectivity index (χ0v) is 23.4. The van der Waals surface area contributed by atoms with Crippen LogP contribution in [0.1, 0.15) is 48.7 Å². The summed E-state index contributed by atoms with van der Waals surface area (Å²) in [5, 5.41) is 32.5. The number of aliphatic hydroxyl groups excluding tert-OH is 2. The molecule has 3 atom stereocenters. The summed E-state index contributed by atoms with van der Waals surface area (Å²) in [5.74, 6) is -2.75. The molecule has 0 saturated heterocycles. The van der Waals surface area contributed by atoms with Crippen LogP contribution in [0.25, 0.3) is 22.4 Å². The van der Waals surface area contributed by atoms with Crippen molar-refractivity contribution in [1.29, 1.82) is 0 Å². The number of carboxylic acid groups (broad SMARTS) is 1. The van der Waals surface area contributed by atoms with Crippen LogP contribution in [0.5, 0.6) is 0 Å². The SMILES string of the molecule is CC(C)c1c(C(=O)Nc2ccccc2)c(-c2ccccc2)c(-c2ccc(F)cc2)n1CC[C@@H](O)C[C@@H](O)C(F)C(=O)O. The molecule has 7 nitrogen and oxygen atoms in total. The summed E-state index contributed by atoms with van der Waals surface area (Å²) in [7, 11) is 0. The highest BCUT2D eigenvalue weighted by molar-refractivity contribution is 6.12. The number of nitrogens with one attached hydrogen (secondary N) is 1. The molecular weight excluding hydrogens is 542 g/mol. The van der Waals surface area contributed by atoms with Crippen LogP contribution in [0.2, 0.25) is 0 Å². The fourth-order valence-corrected chi connectivity index (χ4v) is 5.17. The van der Waals surface area contributed by atoms with E-state index in [0.717, 1.165) is 5.56 Å². The number of halogens is 2. The zero-order chi connectivity index (χ0) is 30.4.